The maximum atomic E-state index is 13.2. The van der Waals surface area contributed by atoms with Crippen molar-refractivity contribution in [1.82, 2.24) is 14.9 Å². The van der Waals surface area contributed by atoms with Crippen LogP contribution in [0.5, 0.6) is 0 Å². The highest BCUT2D eigenvalue weighted by Gasteiger charge is 2.29. The van der Waals surface area contributed by atoms with Crippen LogP contribution in [0.4, 0.5) is 0 Å². The molecule has 0 radical (unpaired) electrons. The van der Waals surface area contributed by atoms with Gasteiger partial charge in [-0.25, -0.2) is 0 Å². The second-order valence-electron chi connectivity index (χ2n) is 7.62. The molecule has 30 heavy (non-hydrogen) atoms. The van der Waals surface area contributed by atoms with Gasteiger partial charge in [-0.2, -0.15) is 0 Å². The van der Waals surface area contributed by atoms with Gasteiger partial charge in [0.2, 0.25) is 5.91 Å². The Morgan fingerprint density at radius 1 is 0.933 bits per heavy atom. The fourth-order valence-electron chi connectivity index (χ4n) is 4.23. The lowest BCUT2D eigenvalue weighted by molar-refractivity contribution is -0.130. The zero-order valence-electron chi connectivity index (χ0n) is 16.7. The molecule has 1 amide bonds. The van der Waals surface area contributed by atoms with Crippen LogP contribution in [0.1, 0.15) is 17.5 Å². The van der Waals surface area contributed by atoms with Gasteiger partial charge in [-0.1, -0.05) is 30.3 Å². The molecule has 0 bridgehead atoms. The molecule has 1 aromatic carbocycles. The molecule has 0 unspecified atom stereocenters. The Kier molecular flexibility index (Phi) is 4.93. The smallest absolute Gasteiger partial charge is 0.227 e. The second-order valence-corrected chi connectivity index (χ2v) is 7.62. The molecule has 0 aliphatic carbocycles. The summed E-state index contributed by atoms with van der Waals surface area (Å²) >= 11 is 0. The summed E-state index contributed by atoms with van der Waals surface area (Å²) in [6.07, 6.45) is 8.46. The summed E-state index contributed by atoms with van der Waals surface area (Å²) in [4.78, 5) is 28.3. The largest absolute Gasteiger partial charge is 0.338 e. The minimum Gasteiger partial charge on any atom is -0.338 e. The highest BCUT2D eigenvalue weighted by Crippen LogP contribution is 2.29. The molecule has 4 heterocycles. The molecule has 0 N–H and O–H groups in total. The van der Waals surface area contributed by atoms with Crippen molar-refractivity contribution in [1.29, 1.82) is 0 Å². The normalized spacial score (nSPS) is 15.7. The number of hydrogen-bond acceptors (Lipinski definition) is 4. The Morgan fingerprint density at radius 3 is 2.63 bits per heavy atom. The summed E-state index contributed by atoms with van der Waals surface area (Å²) in [6, 6.07) is 16.0. The Labute approximate surface area is 175 Å². The number of amides is 1. The molecule has 2 aliphatic rings. The summed E-state index contributed by atoms with van der Waals surface area (Å²) in [7, 11) is 0. The molecule has 5 heteroatoms. The van der Waals surface area contributed by atoms with E-state index in [1.165, 1.54) is 11.1 Å². The molecule has 0 atom stereocenters. The summed E-state index contributed by atoms with van der Waals surface area (Å²) in [5.41, 5.74) is 7.79. The van der Waals surface area contributed by atoms with Crippen LogP contribution in [-0.4, -0.2) is 46.1 Å². The molecule has 0 saturated heterocycles. The fourth-order valence-corrected chi connectivity index (χ4v) is 4.23. The van der Waals surface area contributed by atoms with E-state index in [2.05, 4.69) is 16.0 Å². The van der Waals surface area contributed by atoms with Gasteiger partial charge in [-0.05, 0) is 46.9 Å². The number of aliphatic imine (C=N–C) groups is 1. The molecular weight excluding hydrogens is 372 g/mol. The first-order chi connectivity index (χ1) is 14.8. The first-order valence-corrected chi connectivity index (χ1v) is 10.2. The first-order valence-electron chi connectivity index (χ1n) is 10.2. The fraction of sp³-hybridized carbons (Fsp3) is 0.200. The Bertz CT molecular complexity index is 1140. The van der Waals surface area contributed by atoms with Crippen molar-refractivity contribution < 1.29 is 4.79 Å². The number of rotatable bonds is 4. The van der Waals surface area contributed by atoms with Crippen LogP contribution < -0.4 is 0 Å². The van der Waals surface area contributed by atoms with Gasteiger partial charge >= 0.3 is 0 Å². The zero-order chi connectivity index (χ0) is 20.3. The van der Waals surface area contributed by atoms with Gasteiger partial charge in [0, 0.05) is 49.0 Å². The number of benzene rings is 1. The second kappa shape index (κ2) is 8.03. The Morgan fingerprint density at radius 2 is 1.80 bits per heavy atom. The van der Waals surface area contributed by atoms with Crippen LogP contribution in [0.25, 0.3) is 11.1 Å². The molecule has 3 aromatic rings. The Hall–Kier alpha value is -3.60. The lowest BCUT2D eigenvalue weighted by Gasteiger charge is -2.29. The maximum Gasteiger partial charge on any atom is 0.227 e. The van der Waals surface area contributed by atoms with E-state index in [9.17, 15) is 4.79 Å². The molecule has 148 valence electrons. The molecule has 5 nitrogen and oxygen atoms in total. The number of hydrogen-bond donors (Lipinski definition) is 0. The van der Waals surface area contributed by atoms with E-state index in [4.69, 9.17) is 4.99 Å². The van der Waals surface area contributed by atoms with E-state index < -0.39 is 0 Å². The maximum absolute atomic E-state index is 13.2. The molecule has 5 rings (SSSR count). The Balaban J connectivity index is 1.35. The predicted molar refractivity (Wildman–Crippen MR) is 117 cm³/mol. The number of nitrogens with zero attached hydrogens (tertiary/aromatic N) is 4. The zero-order valence-corrected chi connectivity index (χ0v) is 16.7. The van der Waals surface area contributed by atoms with Crippen LogP contribution >= 0.6 is 0 Å². The van der Waals surface area contributed by atoms with Gasteiger partial charge in [0.1, 0.15) is 0 Å². The highest BCUT2D eigenvalue weighted by molar-refractivity contribution is 6.15. The van der Waals surface area contributed by atoms with Crippen molar-refractivity contribution >= 4 is 11.6 Å². The van der Waals surface area contributed by atoms with Crippen LogP contribution in [0.15, 0.2) is 89.5 Å². The summed E-state index contributed by atoms with van der Waals surface area (Å²) < 4.78 is 0. The number of carbonyl (C=O) groups is 1. The van der Waals surface area contributed by atoms with Crippen LogP contribution in [0.3, 0.4) is 0 Å². The third-order valence-corrected chi connectivity index (χ3v) is 5.81. The molecule has 0 saturated carbocycles. The van der Waals surface area contributed by atoms with Gasteiger partial charge in [-0.15, -0.1) is 0 Å². The number of carbonyl (C=O) groups excluding carboxylic acids is 1. The summed E-state index contributed by atoms with van der Waals surface area (Å²) in [5.74, 6) is 0.152. The first kappa shape index (κ1) is 18.4. The summed E-state index contributed by atoms with van der Waals surface area (Å²) in [5, 5.41) is 0. The lowest BCUT2D eigenvalue weighted by Crippen LogP contribution is -2.39. The molecule has 0 fully saturated rings. The van der Waals surface area contributed by atoms with E-state index in [0.29, 0.717) is 13.0 Å². The van der Waals surface area contributed by atoms with Gasteiger partial charge in [0.15, 0.2) is 0 Å². The molecular formula is C25H22N4O. The van der Waals surface area contributed by atoms with Crippen molar-refractivity contribution in [2.24, 2.45) is 4.99 Å². The molecule has 0 spiro atoms. The SMILES string of the molecule is O=C(Cc1ccccc1-c1cccnc1)N1CCC2=C(C1)C(c1ccncc1)=NC2. The van der Waals surface area contributed by atoms with Crippen molar-refractivity contribution in [2.75, 3.05) is 19.6 Å². The topological polar surface area (TPSA) is 58.5 Å². The van der Waals surface area contributed by atoms with Crippen molar-refractivity contribution in [3.8, 4) is 11.1 Å². The van der Waals surface area contributed by atoms with Gasteiger partial charge < -0.3 is 4.90 Å². The summed E-state index contributed by atoms with van der Waals surface area (Å²) in [6.45, 7) is 2.13. The average Bonchev–Trinajstić information content (AvgIpc) is 3.24. The third-order valence-electron chi connectivity index (χ3n) is 5.81. The van der Waals surface area contributed by atoms with Crippen LogP contribution in [0, 0.1) is 0 Å². The van der Waals surface area contributed by atoms with E-state index in [1.807, 2.05) is 53.6 Å². The highest BCUT2D eigenvalue weighted by atomic mass is 16.2. The minimum atomic E-state index is 0.152. The van der Waals surface area contributed by atoms with Crippen LogP contribution in [-0.2, 0) is 11.2 Å². The van der Waals surface area contributed by atoms with E-state index in [-0.39, 0.29) is 5.91 Å². The molecule has 2 aromatic heterocycles. The van der Waals surface area contributed by atoms with Crippen molar-refractivity contribution in [2.45, 2.75) is 12.8 Å². The minimum absolute atomic E-state index is 0.152. The van der Waals surface area contributed by atoms with Crippen molar-refractivity contribution in [3.63, 3.8) is 0 Å². The number of aromatic nitrogens is 2. The molecule has 2 aliphatic heterocycles. The predicted octanol–water partition coefficient (Wildman–Crippen LogP) is 3.72. The van der Waals surface area contributed by atoms with Crippen molar-refractivity contribution in [3.05, 3.63) is 95.6 Å². The van der Waals surface area contributed by atoms with E-state index in [1.54, 1.807) is 18.6 Å². The third kappa shape index (κ3) is 3.54. The van der Waals surface area contributed by atoms with Gasteiger partial charge in [0.25, 0.3) is 0 Å². The average molecular weight is 394 g/mol. The van der Waals surface area contributed by atoms with Crippen LogP contribution in [0.2, 0.25) is 0 Å². The number of pyridine rings is 2. The quantitative estimate of drug-likeness (QED) is 0.678. The van der Waals surface area contributed by atoms with E-state index in [0.717, 1.165) is 47.5 Å². The monoisotopic (exact) mass is 394 g/mol. The lowest BCUT2D eigenvalue weighted by atomic mass is 9.94. The standard InChI is InChI=1S/C25H22N4O/c30-24(14-19-4-1-2-6-22(19)20-5-3-10-27-15-20)29-13-9-21-16-28-25(23(21)17-29)18-7-11-26-12-8-18/h1-8,10-12,15H,9,13-14,16-17H2. The van der Waals surface area contributed by atoms with E-state index >= 15 is 0 Å². The van der Waals surface area contributed by atoms with Gasteiger partial charge in [0.05, 0.1) is 18.7 Å². The van der Waals surface area contributed by atoms with Gasteiger partial charge in [-0.3, -0.25) is 19.8 Å².